The van der Waals surface area contributed by atoms with Crippen LogP contribution in [0.1, 0.15) is 29.4 Å². The number of carbonyl (C=O) groups is 1. The van der Waals surface area contributed by atoms with Gasteiger partial charge in [-0.2, -0.15) is 5.10 Å². The number of hydrogen-bond donors (Lipinski definition) is 2. The second-order valence-corrected chi connectivity index (χ2v) is 4.70. The molecule has 0 atom stereocenters. The van der Waals surface area contributed by atoms with Gasteiger partial charge in [-0.15, -0.1) is 0 Å². The average molecular weight is 291 g/mol. The van der Waals surface area contributed by atoms with Crippen molar-refractivity contribution >= 4 is 17.4 Å². The molecule has 2 aromatic rings. The van der Waals surface area contributed by atoms with Crippen LogP contribution in [0.25, 0.3) is 0 Å². The second kappa shape index (κ2) is 6.34. The lowest BCUT2D eigenvalue weighted by atomic mass is 10.2. The third-order valence-electron chi connectivity index (χ3n) is 2.94. The van der Waals surface area contributed by atoms with E-state index in [1.165, 1.54) is 12.3 Å². The van der Waals surface area contributed by atoms with Crippen molar-refractivity contribution in [3.05, 3.63) is 35.5 Å². The molecule has 7 heteroatoms. The van der Waals surface area contributed by atoms with Gasteiger partial charge in [0.25, 0.3) is 5.91 Å². The first kappa shape index (κ1) is 15.0. The molecule has 2 rings (SSSR count). The molecule has 0 saturated carbocycles. The lowest BCUT2D eigenvalue weighted by Crippen LogP contribution is -2.16. The summed E-state index contributed by atoms with van der Waals surface area (Å²) in [6.07, 6.45) is 3.92. The third kappa shape index (κ3) is 3.36. The van der Waals surface area contributed by atoms with Crippen molar-refractivity contribution in [2.45, 2.75) is 20.3 Å². The molecule has 0 fully saturated rings. The molecule has 112 valence electrons. The predicted octanol–water partition coefficient (Wildman–Crippen LogP) is 2.34. The second-order valence-electron chi connectivity index (χ2n) is 4.70. The van der Waals surface area contributed by atoms with Crippen molar-refractivity contribution in [2.24, 2.45) is 7.05 Å². The molecule has 2 heterocycles. The van der Waals surface area contributed by atoms with Crippen molar-refractivity contribution in [2.75, 3.05) is 17.2 Å². The van der Waals surface area contributed by atoms with Crippen LogP contribution in [0.4, 0.5) is 15.9 Å². The number of hydrogen-bond acceptors (Lipinski definition) is 4. The third-order valence-corrected chi connectivity index (χ3v) is 2.94. The van der Waals surface area contributed by atoms with Gasteiger partial charge in [-0.1, -0.05) is 6.92 Å². The first-order valence-corrected chi connectivity index (χ1v) is 6.73. The first-order chi connectivity index (χ1) is 10.0. The van der Waals surface area contributed by atoms with Crippen LogP contribution < -0.4 is 10.6 Å². The molecular weight excluding hydrogens is 273 g/mol. The minimum absolute atomic E-state index is 0.0492. The minimum Gasteiger partial charge on any atom is -0.368 e. The standard InChI is InChI=1S/C14H18FN5O/c1-4-6-16-13-12(15)10(5-7-17-13)14(21)18-11-8-20(3)19-9(11)2/h5,7-8H,4,6H2,1-3H3,(H,16,17)(H,18,21). The monoisotopic (exact) mass is 291 g/mol. The first-order valence-electron chi connectivity index (χ1n) is 6.73. The lowest BCUT2D eigenvalue weighted by molar-refractivity contribution is 0.102. The van der Waals surface area contributed by atoms with E-state index in [9.17, 15) is 9.18 Å². The SMILES string of the molecule is CCCNc1nccc(C(=O)Nc2cn(C)nc2C)c1F. The van der Waals surface area contributed by atoms with Crippen LogP contribution in [0.15, 0.2) is 18.5 Å². The minimum atomic E-state index is -0.648. The largest absolute Gasteiger partial charge is 0.368 e. The fourth-order valence-electron chi connectivity index (χ4n) is 1.90. The molecule has 6 nitrogen and oxygen atoms in total. The molecule has 2 N–H and O–H groups in total. The van der Waals surface area contributed by atoms with Crippen molar-refractivity contribution in [3.63, 3.8) is 0 Å². The van der Waals surface area contributed by atoms with Gasteiger partial charge < -0.3 is 10.6 Å². The zero-order valence-electron chi connectivity index (χ0n) is 12.3. The number of pyridine rings is 1. The number of nitrogens with zero attached hydrogens (tertiary/aromatic N) is 3. The number of aryl methyl sites for hydroxylation is 2. The Morgan fingerprint density at radius 2 is 2.24 bits per heavy atom. The Bertz CT molecular complexity index is 653. The van der Waals surface area contributed by atoms with Crippen LogP contribution in [0, 0.1) is 12.7 Å². The molecule has 0 aliphatic heterocycles. The Labute approximate surface area is 122 Å². The van der Waals surface area contributed by atoms with Crippen LogP contribution >= 0.6 is 0 Å². The van der Waals surface area contributed by atoms with E-state index in [0.29, 0.717) is 17.9 Å². The molecule has 1 amide bonds. The van der Waals surface area contributed by atoms with Crippen LogP contribution in [-0.2, 0) is 7.05 Å². The van der Waals surface area contributed by atoms with Crippen molar-refractivity contribution < 1.29 is 9.18 Å². The molecule has 0 aromatic carbocycles. The van der Waals surface area contributed by atoms with Crippen LogP contribution in [-0.4, -0.2) is 27.2 Å². The quantitative estimate of drug-likeness (QED) is 0.887. The van der Waals surface area contributed by atoms with Crippen molar-refractivity contribution in [3.8, 4) is 0 Å². The highest BCUT2D eigenvalue weighted by Gasteiger charge is 2.17. The number of carbonyl (C=O) groups excluding carboxylic acids is 1. The van der Waals surface area contributed by atoms with Gasteiger partial charge in [-0.05, 0) is 19.4 Å². The summed E-state index contributed by atoms with van der Waals surface area (Å²) >= 11 is 0. The van der Waals surface area contributed by atoms with Crippen LogP contribution in [0.5, 0.6) is 0 Å². The van der Waals surface area contributed by atoms with E-state index in [2.05, 4.69) is 20.7 Å². The summed E-state index contributed by atoms with van der Waals surface area (Å²) in [6.45, 7) is 4.33. The molecule has 0 unspecified atom stereocenters. The molecule has 0 spiro atoms. The number of aromatic nitrogens is 3. The van der Waals surface area contributed by atoms with Gasteiger partial charge in [-0.25, -0.2) is 9.37 Å². The van der Waals surface area contributed by atoms with E-state index in [1.54, 1.807) is 24.9 Å². The van der Waals surface area contributed by atoms with E-state index in [0.717, 1.165) is 6.42 Å². The Kier molecular flexibility index (Phi) is 4.52. The molecule has 2 aromatic heterocycles. The number of rotatable bonds is 5. The summed E-state index contributed by atoms with van der Waals surface area (Å²) in [7, 11) is 1.75. The van der Waals surface area contributed by atoms with Gasteiger partial charge in [0.1, 0.15) is 0 Å². The van der Waals surface area contributed by atoms with E-state index in [1.807, 2.05) is 6.92 Å². The smallest absolute Gasteiger partial charge is 0.258 e. The van der Waals surface area contributed by atoms with E-state index in [-0.39, 0.29) is 11.4 Å². The molecule has 0 radical (unpaired) electrons. The van der Waals surface area contributed by atoms with E-state index >= 15 is 0 Å². The number of amides is 1. The van der Waals surface area contributed by atoms with Crippen molar-refractivity contribution in [1.29, 1.82) is 0 Å². The van der Waals surface area contributed by atoms with Gasteiger partial charge in [0.2, 0.25) is 0 Å². The maximum atomic E-state index is 14.2. The van der Waals surface area contributed by atoms with Crippen LogP contribution in [0.2, 0.25) is 0 Å². The summed E-state index contributed by atoms with van der Waals surface area (Å²) < 4.78 is 15.8. The molecule has 0 aliphatic rings. The normalized spacial score (nSPS) is 10.5. The molecular formula is C14H18FN5O. The number of nitrogens with one attached hydrogen (secondary N) is 2. The van der Waals surface area contributed by atoms with Gasteiger partial charge in [-0.3, -0.25) is 9.48 Å². The summed E-state index contributed by atoms with van der Waals surface area (Å²) in [5.74, 6) is -1.08. The topological polar surface area (TPSA) is 71.8 Å². The summed E-state index contributed by atoms with van der Waals surface area (Å²) in [5, 5.41) is 9.63. The molecule has 0 aliphatic carbocycles. The maximum absolute atomic E-state index is 14.2. The molecule has 0 bridgehead atoms. The summed E-state index contributed by atoms with van der Waals surface area (Å²) in [6, 6.07) is 1.35. The van der Waals surface area contributed by atoms with E-state index < -0.39 is 11.7 Å². The fraction of sp³-hybridized carbons (Fsp3) is 0.357. The van der Waals surface area contributed by atoms with Gasteiger partial charge in [0, 0.05) is 26.0 Å². The molecule has 21 heavy (non-hydrogen) atoms. The number of anilines is 2. The fourth-order valence-corrected chi connectivity index (χ4v) is 1.90. The van der Waals surface area contributed by atoms with Gasteiger partial charge >= 0.3 is 0 Å². The highest BCUT2D eigenvalue weighted by molar-refractivity contribution is 6.05. The summed E-state index contributed by atoms with van der Waals surface area (Å²) in [5.41, 5.74) is 1.18. The Balaban J connectivity index is 2.21. The Morgan fingerprint density at radius 3 is 2.86 bits per heavy atom. The van der Waals surface area contributed by atoms with Crippen molar-refractivity contribution in [1.82, 2.24) is 14.8 Å². The Morgan fingerprint density at radius 1 is 1.48 bits per heavy atom. The average Bonchev–Trinajstić information content (AvgIpc) is 2.75. The zero-order valence-corrected chi connectivity index (χ0v) is 12.3. The summed E-state index contributed by atoms with van der Waals surface area (Å²) in [4.78, 5) is 16.1. The van der Waals surface area contributed by atoms with Gasteiger partial charge in [0.15, 0.2) is 11.6 Å². The number of halogens is 1. The maximum Gasteiger partial charge on any atom is 0.258 e. The van der Waals surface area contributed by atoms with Gasteiger partial charge in [0.05, 0.1) is 16.9 Å². The Hall–Kier alpha value is -2.44. The highest BCUT2D eigenvalue weighted by atomic mass is 19.1. The predicted molar refractivity (Wildman–Crippen MR) is 78.9 cm³/mol. The molecule has 0 saturated heterocycles. The highest BCUT2D eigenvalue weighted by Crippen LogP contribution is 2.18. The lowest BCUT2D eigenvalue weighted by Gasteiger charge is -2.09. The van der Waals surface area contributed by atoms with Crippen LogP contribution in [0.3, 0.4) is 0 Å². The van der Waals surface area contributed by atoms with E-state index in [4.69, 9.17) is 0 Å². The zero-order chi connectivity index (χ0) is 15.4.